The number of piperidine rings is 1. The van der Waals surface area contributed by atoms with Gasteiger partial charge >= 0.3 is 6.09 Å². The minimum atomic E-state index is -0.497. The van der Waals surface area contributed by atoms with Gasteiger partial charge in [0.1, 0.15) is 0 Å². The summed E-state index contributed by atoms with van der Waals surface area (Å²) in [6.07, 6.45) is 1.35. The van der Waals surface area contributed by atoms with Crippen molar-refractivity contribution in [1.82, 2.24) is 9.88 Å². The molecule has 0 bridgehead atoms. The molecule has 1 aliphatic rings. The fraction of sp³-hybridized carbons (Fsp3) is 0.318. The van der Waals surface area contributed by atoms with Crippen LogP contribution in [0.15, 0.2) is 48.5 Å². The maximum Gasteiger partial charge on any atom is 0.411 e. The SMILES string of the molecule is CCOC(=O)Nc1ccc(C(=O)N2CCC(c3nc4ccccc4s3)CC2)cc1. The van der Waals surface area contributed by atoms with Crippen LogP contribution < -0.4 is 5.32 Å². The number of hydrogen-bond donors (Lipinski definition) is 1. The molecule has 1 saturated heterocycles. The van der Waals surface area contributed by atoms with Gasteiger partial charge in [-0.3, -0.25) is 10.1 Å². The number of nitrogens with zero attached hydrogens (tertiary/aromatic N) is 2. The summed E-state index contributed by atoms with van der Waals surface area (Å²) in [4.78, 5) is 31.0. The first-order valence-corrected chi connectivity index (χ1v) is 10.6. The summed E-state index contributed by atoms with van der Waals surface area (Å²) >= 11 is 1.76. The summed E-state index contributed by atoms with van der Waals surface area (Å²) in [5.41, 5.74) is 2.29. The smallest absolute Gasteiger partial charge is 0.411 e. The Bertz CT molecular complexity index is 975. The molecule has 0 saturated carbocycles. The molecule has 2 heterocycles. The Morgan fingerprint density at radius 1 is 1.14 bits per heavy atom. The topological polar surface area (TPSA) is 71.5 Å². The molecule has 3 aromatic rings. The Morgan fingerprint density at radius 3 is 2.55 bits per heavy atom. The third-order valence-corrected chi connectivity index (χ3v) is 6.29. The van der Waals surface area contributed by atoms with Crippen molar-refractivity contribution in [1.29, 1.82) is 0 Å². The standard InChI is InChI=1S/C22H23N3O3S/c1-2-28-22(27)23-17-9-7-16(8-10-17)21(26)25-13-11-15(12-14-25)20-24-18-5-3-4-6-19(18)29-20/h3-10,15H,2,11-14H2,1H3,(H,23,27). The maximum absolute atomic E-state index is 12.8. The second-order valence-electron chi connectivity index (χ2n) is 7.01. The van der Waals surface area contributed by atoms with Gasteiger partial charge in [0.25, 0.3) is 5.91 Å². The van der Waals surface area contributed by atoms with E-state index in [4.69, 9.17) is 9.72 Å². The summed E-state index contributed by atoms with van der Waals surface area (Å²) < 4.78 is 6.07. The van der Waals surface area contributed by atoms with Gasteiger partial charge in [0.05, 0.1) is 21.8 Å². The Balaban J connectivity index is 1.35. The number of benzene rings is 2. The summed E-state index contributed by atoms with van der Waals surface area (Å²) in [5, 5.41) is 3.81. The number of hydrogen-bond acceptors (Lipinski definition) is 5. The quantitative estimate of drug-likeness (QED) is 0.666. The van der Waals surface area contributed by atoms with E-state index in [9.17, 15) is 9.59 Å². The summed E-state index contributed by atoms with van der Waals surface area (Å²) in [5.74, 6) is 0.433. The Hall–Kier alpha value is -2.93. The number of thiazole rings is 1. The molecule has 4 rings (SSSR count). The molecule has 1 aliphatic heterocycles. The number of anilines is 1. The molecule has 1 fully saturated rings. The van der Waals surface area contributed by atoms with Crippen molar-refractivity contribution < 1.29 is 14.3 Å². The molecular weight excluding hydrogens is 386 g/mol. The van der Waals surface area contributed by atoms with E-state index in [0.29, 0.717) is 23.8 Å². The molecule has 0 aliphatic carbocycles. The number of fused-ring (bicyclic) bond motifs is 1. The van der Waals surface area contributed by atoms with Crippen molar-refractivity contribution in [2.75, 3.05) is 25.0 Å². The second-order valence-corrected chi connectivity index (χ2v) is 8.07. The van der Waals surface area contributed by atoms with E-state index in [0.717, 1.165) is 31.4 Å². The van der Waals surface area contributed by atoms with Crippen LogP contribution in [0.4, 0.5) is 10.5 Å². The number of ether oxygens (including phenoxy) is 1. The molecule has 0 unspecified atom stereocenters. The molecule has 2 amide bonds. The van der Waals surface area contributed by atoms with Crippen molar-refractivity contribution in [3.63, 3.8) is 0 Å². The van der Waals surface area contributed by atoms with Crippen molar-refractivity contribution in [3.8, 4) is 0 Å². The monoisotopic (exact) mass is 409 g/mol. The molecule has 1 N–H and O–H groups in total. The number of rotatable bonds is 4. The van der Waals surface area contributed by atoms with Crippen molar-refractivity contribution in [3.05, 3.63) is 59.1 Å². The number of carbonyl (C=O) groups is 2. The zero-order valence-electron chi connectivity index (χ0n) is 16.3. The highest BCUT2D eigenvalue weighted by atomic mass is 32.1. The van der Waals surface area contributed by atoms with Crippen molar-refractivity contribution in [2.24, 2.45) is 0 Å². The number of aromatic nitrogens is 1. The molecular formula is C22H23N3O3S. The molecule has 6 nitrogen and oxygen atoms in total. The largest absolute Gasteiger partial charge is 0.450 e. The van der Waals surface area contributed by atoms with E-state index < -0.39 is 6.09 Å². The summed E-state index contributed by atoms with van der Waals surface area (Å²) in [7, 11) is 0. The average Bonchev–Trinajstić information content (AvgIpc) is 3.18. The van der Waals surface area contributed by atoms with E-state index in [1.165, 1.54) is 9.71 Å². The number of carbonyl (C=O) groups excluding carboxylic acids is 2. The molecule has 0 radical (unpaired) electrons. The highest BCUT2D eigenvalue weighted by Crippen LogP contribution is 2.34. The summed E-state index contributed by atoms with van der Waals surface area (Å²) in [6, 6.07) is 15.1. The van der Waals surface area contributed by atoms with Crippen LogP contribution in [0.5, 0.6) is 0 Å². The third kappa shape index (κ3) is 4.40. The minimum Gasteiger partial charge on any atom is -0.450 e. The Kier molecular flexibility index (Phi) is 5.76. The minimum absolute atomic E-state index is 0.0236. The Morgan fingerprint density at radius 2 is 1.86 bits per heavy atom. The van der Waals surface area contributed by atoms with E-state index in [1.54, 1.807) is 42.5 Å². The molecule has 150 valence electrons. The predicted octanol–water partition coefficient (Wildman–Crippen LogP) is 4.88. The molecule has 29 heavy (non-hydrogen) atoms. The number of nitrogens with one attached hydrogen (secondary N) is 1. The van der Waals surface area contributed by atoms with Gasteiger partial charge in [-0.25, -0.2) is 9.78 Å². The highest BCUT2D eigenvalue weighted by molar-refractivity contribution is 7.18. The van der Waals surface area contributed by atoms with Crippen LogP contribution in [0, 0.1) is 0 Å². The van der Waals surface area contributed by atoms with Gasteiger partial charge in [0.15, 0.2) is 0 Å². The van der Waals surface area contributed by atoms with Gasteiger partial charge in [-0.15, -0.1) is 11.3 Å². The third-order valence-electron chi connectivity index (χ3n) is 5.10. The number of amides is 2. The predicted molar refractivity (Wildman–Crippen MR) is 115 cm³/mol. The van der Waals surface area contributed by atoms with Gasteiger partial charge in [0, 0.05) is 30.3 Å². The molecule has 0 spiro atoms. The first-order chi connectivity index (χ1) is 14.1. The zero-order chi connectivity index (χ0) is 20.2. The summed E-state index contributed by atoms with van der Waals surface area (Å²) in [6.45, 7) is 3.52. The van der Waals surface area contributed by atoms with Gasteiger partial charge in [-0.05, 0) is 56.2 Å². The average molecular weight is 410 g/mol. The zero-order valence-corrected chi connectivity index (χ0v) is 17.1. The van der Waals surface area contributed by atoms with Gasteiger partial charge in [-0.2, -0.15) is 0 Å². The molecule has 0 atom stereocenters. The maximum atomic E-state index is 12.8. The van der Waals surface area contributed by atoms with Crippen molar-refractivity contribution >= 4 is 39.2 Å². The van der Waals surface area contributed by atoms with E-state index in [1.807, 2.05) is 17.0 Å². The second kappa shape index (κ2) is 8.61. The lowest BCUT2D eigenvalue weighted by Crippen LogP contribution is -2.37. The van der Waals surface area contributed by atoms with Gasteiger partial charge in [0.2, 0.25) is 0 Å². The lowest BCUT2D eigenvalue weighted by Gasteiger charge is -2.31. The van der Waals surface area contributed by atoms with Crippen molar-refractivity contribution in [2.45, 2.75) is 25.7 Å². The number of likely N-dealkylation sites (tertiary alicyclic amines) is 1. The van der Waals surface area contributed by atoms with Gasteiger partial charge in [-0.1, -0.05) is 12.1 Å². The van der Waals surface area contributed by atoms with Crippen LogP contribution in [0.1, 0.15) is 41.0 Å². The van der Waals surface area contributed by atoms with E-state index >= 15 is 0 Å². The van der Waals surface area contributed by atoms with Crippen LogP contribution in [0.3, 0.4) is 0 Å². The lowest BCUT2D eigenvalue weighted by atomic mass is 9.97. The first-order valence-electron chi connectivity index (χ1n) is 9.82. The molecule has 7 heteroatoms. The van der Waals surface area contributed by atoms with E-state index in [2.05, 4.69) is 17.4 Å². The first kappa shape index (κ1) is 19.4. The van der Waals surface area contributed by atoms with Crippen LogP contribution in [-0.2, 0) is 4.74 Å². The van der Waals surface area contributed by atoms with Crippen LogP contribution in [0.2, 0.25) is 0 Å². The molecule has 2 aromatic carbocycles. The number of para-hydroxylation sites is 1. The fourth-order valence-electron chi connectivity index (χ4n) is 3.56. The van der Waals surface area contributed by atoms with Crippen LogP contribution >= 0.6 is 11.3 Å². The Labute approximate surface area is 173 Å². The van der Waals surface area contributed by atoms with Crippen LogP contribution in [0.25, 0.3) is 10.2 Å². The van der Waals surface area contributed by atoms with Gasteiger partial charge < -0.3 is 9.64 Å². The fourth-order valence-corrected chi connectivity index (χ4v) is 4.69. The highest BCUT2D eigenvalue weighted by Gasteiger charge is 2.26. The lowest BCUT2D eigenvalue weighted by molar-refractivity contribution is 0.0713. The normalized spacial score (nSPS) is 14.7. The van der Waals surface area contributed by atoms with Crippen LogP contribution in [-0.4, -0.2) is 41.6 Å². The van der Waals surface area contributed by atoms with E-state index in [-0.39, 0.29) is 5.91 Å². The molecule has 1 aromatic heterocycles.